The Morgan fingerprint density at radius 1 is 1.50 bits per heavy atom. The maximum absolute atomic E-state index is 11.8. The lowest BCUT2D eigenvalue weighted by molar-refractivity contribution is 0.0955. The number of ether oxygens (including phenoxy) is 1. The number of hydrogen-bond acceptors (Lipinski definition) is 4. The Labute approximate surface area is 136 Å². The van der Waals surface area contributed by atoms with Crippen molar-refractivity contribution in [1.29, 1.82) is 0 Å². The third kappa shape index (κ3) is 4.43. The van der Waals surface area contributed by atoms with Gasteiger partial charge in [0.2, 0.25) is 0 Å². The Morgan fingerprint density at radius 3 is 3.09 bits per heavy atom. The Bertz CT molecular complexity index is 724. The van der Waals surface area contributed by atoms with Gasteiger partial charge in [-0.1, -0.05) is 21.9 Å². The lowest BCUT2D eigenvalue weighted by atomic mass is 10.2. The minimum absolute atomic E-state index is 0.157. The molecule has 5 nitrogen and oxygen atoms in total. The molecule has 0 spiro atoms. The molecule has 0 fully saturated rings. The van der Waals surface area contributed by atoms with E-state index in [2.05, 4.69) is 37.4 Å². The van der Waals surface area contributed by atoms with Gasteiger partial charge in [0.25, 0.3) is 5.91 Å². The van der Waals surface area contributed by atoms with E-state index in [0.717, 1.165) is 4.47 Å². The molecular formula is C16H12BrN3O2. The van der Waals surface area contributed by atoms with Crippen LogP contribution in [0.2, 0.25) is 0 Å². The number of nitrogens with one attached hydrogen (secondary N) is 1. The van der Waals surface area contributed by atoms with Crippen LogP contribution >= 0.6 is 15.9 Å². The van der Waals surface area contributed by atoms with E-state index in [-0.39, 0.29) is 12.5 Å². The Kier molecular flexibility index (Phi) is 5.69. The van der Waals surface area contributed by atoms with E-state index >= 15 is 0 Å². The number of carbonyl (C=O) groups is 1. The SMILES string of the molecule is C#CCOc1ccc(Br)cc1C=NNC(=O)c1cccnc1. The molecule has 1 aromatic heterocycles. The highest BCUT2D eigenvalue weighted by molar-refractivity contribution is 9.10. The van der Waals surface area contributed by atoms with Crippen molar-refractivity contribution in [3.63, 3.8) is 0 Å². The van der Waals surface area contributed by atoms with E-state index < -0.39 is 0 Å². The molecule has 22 heavy (non-hydrogen) atoms. The summed E-state index contributed by atoms with van der Waals surface area (Å²) in [4.78, 5) is 15.7. The Balaban J connectivity index is 2.08. The van der Waals surface area contributed by atoms with E-state index in [1.54, 1.807) is 24.4 Å². The van der Waals surface area contributed by atoms with Crippen LogP contribution in [0.3, 0.4) is 0 Å². The number of hydrazone groups is 1. The summed E-state index contributed by atoms with van der Waals surface area (Å²) in [5, 5.41) is 3.92. The molecule has 0 unspecified atom stereocenters. The van der Waals surface area contributed by atoms with Gasteiger partial charge < -0.3 is 4.74 Å². The van der Waals surface area contributed by atoms with Crippen LogP contribution in [0.5, 0.6) is 5.75 Å². The first-order valence-corrected chi connectivity index (χ1v) is 7.09. The zero-order chi connectivity index (χ0) is 15.8. The van der Waals surface area contributed by atoms with Crippen LogP contribution in [0.4, 0.5) is 0 Å². The molecule has 2 aromatic rings. The average Bonchev–Trinajstić information content (AvgIpc) is 2.55. The summed E-state index contributed by atoms with van der Waals surface area (Å²) in [7, 11) is 0. The van der Waals surface area contributed by atoms with Gasteiger partial charge in [0.1, 0.15) is 12.4 Å². The summed E-state index contributed by atoms with van der Waals surface area (Å²) in [6.45, 7) is 0.157. The molecule has 0 aliphatic heterocycles. The second-order valence-electron chi connectivity index (χ2n) is 4.12. The number of rotatable bonds is 5. The first-order chi connectivity index (χ1) is 10.7. The first-order valence-electron chi connectivity index (χ1n) is 6.30. The zero-order valence-corrected chi connectivity index (χ0v) is 13.1. The molecule has 0 saturated carbocycles. The van der Waals surface area contributed by atoms with Crippen molar-refractivity contribution in [2.45, 2.75) is 0 Å². The molecule has 110 valence electrons. The Hall–Kier alpha value is -2.65. The highest BCUT2D eigenvalue weighted by atomic mass is 79.9. The molecule has 0 aliphatic rings. The molecule has 2 rings (SSSR count). The standard InChI is InChI=1S/C16H12BrN3O2/c1-2-8-22-15-6-5-14(17)9-13(15)11-19-20-16(21)12-4-3-7-18-10-12/h1,3-7,9-11H,8H2,(H,20,21). The van der Waals surface area contributed by atoms with E-state index in [0.29, 0.717) is 16.9 Å². The lowest BCUT2D eigenvalue weighted by Gasteiger charge is -2.06. The fraction of sp³-hybridized carbons (Fsp3) is 0.0625. The largest absolute Gasteiger partial charge is 0.480 e. The summed E-state index contributed by atoms with van der Waals surface area (Å²) < 4.78 is 6.27. The highest BCUT2D eigenvalue weighted by Gasteiger charge is 2.04. The molecule has 6 heteroatoms. The Morgan fingerprint density at radius 2 is 2.36 bits per heavy atom. The second-order valence-corrected chi connectivity index (χ2v) is 5.03. The predicted octanol–water partition coefficient (Wildman–Crippen LogP) is 2.62. The number of pyridine rings is 1. The van der Waals surface area contributed by atoms with E-state index in [4.69, 9.17) is 11.2 Å². The quantitative estimate of drug-likeness (QED) is 0.508. The number of hydrogen-bond donors (Lipinski definition) is 1. The van der Waals surface area contributed by atoms with Crippen LogP contribution < -0.4 is 10.2 Å². The molecule has 0 bridgehead atoms. The number of carbonyl (C=O) groups excluding carboxylic acids is 1. The minimum Gasteiger partial charge on any atom is -0.480 e. The normalized spacial score (nSPS) is 10.2. The van der Waals surface area contributed by atoms with Gasteiger partial charge in [0.05, 0.1) is 11.8 Å². The molecule has 1 heterocycles. The third-order valence-corrected chi connectivity index (χ3v) is 3.07. The fourth-order valence-electron chi connectivity index (χ4n) is 1.59. The minimum atomic E-state index is -0.342. The van der Waals surface area contributed by atoms with Crippen LogP contribution in [0, 0.1) is 12.3 Å². The van der Waals surface area contributed by atoms with E-state index in [9.17, 15) is 4.79 Å². The monoisotopic (exact) mass is 357 g/mol. The number of amides is 1. The topological polar surface area (TPSA) is 63.6 Å². The van der Waals surface area contributed by atoms with E-state index in [1.165, 1.54) is 12.4 Å². The lowest BCUT2D eigenvalue weighted by Crippen LogP contribution is -2.17. The third-order valence-electron chi connectivity index (χ3n) is 2.58. The van der Waals surface area contributed by atoms with Gasteiger partial charge in [-0.2, -0.15) is 5.10 Å². The van der Waals surface area contributed by atoms with Gasteiger partial charge in [-0.25, -0.2) is 5.43 Å². The van der Waals surface area contributed by atoms with Crippen molar-refractivity contribution >= 4 is 28.1 Å². The van der Waals surface area contributed by atoms with Crippen LogP contribution in [-0.4, -0.2) is 23.7 Å². The molecule has 0 aliphatic carbocycles. The molecule has 0 radical (unpaired) electrons. The second kappa shape index (κ2) is 7.96. The number of halogens is 1. The molecule has 0 atom stereocenters. The van der Waals surface area contributed by atoms with E-state index in [1.807, 2.05) is 12.1 Å². The predicted molar refractivity (Wildman–Crippen MR) is 87.8 cm³/mol. The van der Waals surface area contributed by atoms with Gasteiger partial charge in [0.15, 0.2) is 0 Å². The number of benzene rings is 1. The molecule has 1 N–H and O–H groups in total. The van der Waals surface area contributed by atoms with Gasteiger partial charge in [0, 0.05) is 22.4 Å². The van der Waals surface area contributed by atoms with Gasteiger partial charge in [-0.05, 0) is 30.3 Å². The summed E-state index contributed by atoms with van der Waals surface area (Å²) in [6, 6.07) is 8.74. The smallest absolute Gasteiger partial charge is 0.272 e. The molecule has 0 saturated heterocycles. The van der Waals surface area contributed by atoms with Crippen LogP contribution in [-0.2, 0) is 0 Å². The number of aromatic nitrogens is 1. The first kappa shape index (κ1) is 15.7. The summed E-state index contributed by atoms with van der Waals surface area (Å²) >= 11 is 3.37. The van der Waals surface area contributed by atoms with Gasteiger partial charge >= 0.3 is 0 Å². The molecule has 1 amide bonds. The van der Waals surface area contributed by atoms with Crippen LogP contribution in [0.1, 0.15) is 15.9 Å². The number of nitrogens with zero attached hydrogens (tertiary/aromatic N) is 2. The zero-order valence-electron chi connectivity index (χ0n) is 11.5. The van der Waals surface area contributed by atoms with Crippen molar-refractivity contribution in [3.05, 3.63) is 58.3 Å². The highest BCUT2D eigenvalue weighted by Crippen LogP contribution is 2.21. The van der Waals surface area contributed by atoms with Crippen molar-refractivity contribution < 1.29 is 9.53 Å². The summed E-state index contributed by atoms with van der Waals surface area (Å²) in [6.07, 6.45) is 9.73. The fourth-order valence-corrected chi connectivity index (χ4v) is 1.97. The van der Waals surface area contributed by atoms with Crippen molar-refractivity contribution in [3.8, 4) is 18.1 Å². The summed E-state index contributed by atoms with van der Waals surface area (Å²) in [5.41, 5.74) is 3.55. The van der Waals surface area contributed by atoms with Crippen LogP contribution in [0.15, 0.2) is 52.3 Å². The molecular weight excluding hydrogens is 346 g/mol. The average molecular weight is 358 g/mol. The molecule has 1 aromatic carbocycles. The maximum Gasteiger partial charge on any atom is 0.272 e. The van der Waals surface area contributed by atoms with Gasteiger partial charge in [-0.3, -0.25) is 9.78 Å². The maximum atomic E-state index is 11.8. The summed E-state index contributed by atoms with van der Waals surface area (Å²) in [5.74, 6) is 2.64. The van der Waals surface area contributed by atoms with Gasteiger partial charge in [-0.15, -0.1) is 6.42 Å². The van der Waals surface area contributed by atoms with Crippen molar-refractivity contribution in [2.75, 3.05) is 6.61 Å². The van der Waals surface area contributed by atoms with Crippen LogP contribution in [0.25, 0.3) is 0 Å². The van der Waals surface area contributed by atoms with Crippen molar-refractivity contribution in [1.82, 2.24) is 10.4 Å². The number of terminal acetylenes is 1. The van der Waals surface area contributed by atoms with Crippen molar-refractivity contribution in [2.24, 2.45) is 5.10 Å².